The molecule has 6 nitrogen and oxygen atoms in total. The van der Waals surface area contributed by atoms with Gasteiger partial charge in [-0.3, -0.25) is 0 Å². The van der Waals surface area contributed by atoms with Crippen LogP contribution in [0.25, 0.3) is 0 Å². The van der Waals surface area contributed by atoms with Crippen LogP contribution in [0.5, 0.6) is 5.75 Å². The molecule has 0 saturated heterocycles. The first-order valence-corrected chi connectivity index (χ1v) is 9.39. The molecular formula is C21H31N3O3. The molecule has 1 heterocycles. The fraction of sp³-hybridized carbons (Fsp3) is 0.476. The molecular weight excluding hydrogens is 342 g/mol. The van der Waals surface area contributed by atoms with Crippen LogP contribution >= 0.6 is 0 Å². The van der Waals surface area contributed by atoms with Gasteiger partial charge in [-0.15, -0.1) is 0 Å². The van der Waals surface area contributed by atoms with Crippen LogP contribution in [0.1, 0.15) is 43.4 Å². The van der Waals surface area contributed by atoms with Gasteiger partial charge in [-0.1, -0.05) is 12.1 Å². The zero-order chi connectivity index (χ0) is 19.9. The number of aliphatic imine (C=N–C) groups is 1. The van der Waals surface area contributed by atoms with Crippen molar-refractivity contribution in [3.8, 4) is 5.75 Å². The summed E-state index contributed by atoms with van der Waals surface area (Å²) in [6.45, 7) is 11.7. The highest BCUT2D eigenvalue weighted by atomic mass is 16.5. The lowest BCUT2D eigenvalue weighted by molar-refractivity contribution is 0.0601. The number of ether oxygens (including phenoxy) is 1. The fourth-order valence-electron chi connectivity index (χ4n) is 2.93. The van der Waals surface area contributed by atoms with Crippen LogP contribution in [0.3, 0.4) is 0 Å². The molecule has 1 aromatic heterocycles. The Labute approximate surface area is 161 Å². The summed E-state index contributed by atoms with van der Waals surface area (Å²) in [7, 11) is 0. The van der Waals surface area contributed by atoms with E-state index in [9.17, 15) is 5.11 Å². The van der Waals surface area contributed by atoms with Gasteiger partial charge in [0, 0.05) is 12.1 Å². The molecule has 0 aliphatic heterocycles. The maximum atomic E-state index is 10.9. The molecule has 0 radical (unpaired) electrons. The van der Waals surface area contributed by atoms with Crippen molar-refractivity contribution in [2.24, 2.45) is 4.99 Å². The monoisotopic (exact) mass is 373 g/mol. The normalized spacial score (nSPS) is 13.9. The number of rotatable bonds is 8. The van der Waals surface area contributed by atoms with Crippen molar-refractivity contribution in [2.75, 3.05) is 19.7 Å². The molecule has 3 N–H and O–H groups in total. The Bertz CT molecular complexity index is 766. The van der Waals surface area contributed by atoms with E-state index in [4.69, 9.17) is 9.15 Å². The summed E-state index contributed by atoms with van der Waals surface area (Å²) in [4.78, 5) is 4.61. The molecule has 0 spiro atoms. The zero-order valence-corrected chi connectivity index (χ0v) is 16.9. The second kappa shape index (κ2) is 9.46. The fourth-order valence-corrected chi connectivity index (χ4v) is 2.93. The van der Waals surface area contributed by atoms with E-state index in [1.807, 2.05) is 58.0 Å². The lowest BCUT2D eigenvalue weighted by Crippen LogP contribution is -2.44. The number of benzene rings is 1. The molecule has 1 aromatic carbocycles. The minimum atomic E-state index is -1.06. The van der Waals surface area contributed by atoms with Crippen LogP contribution in [-0.4, -0.2) is 30.8 Å². The first-order valence-electron chi connectivity index (χ1n) is 9.39. The third kappa shape index (κ3) is 6.03. The van der Waals surface area contributed by atoms with Crippen molar-refractivity contribution >= 4 is 5.96 Å². The predicted octanol–water partition coefficient (Wildman–Crippen LogP) is 3.26. The first kappa shape index (κ1) is 20.8. The second-order valence-corrected chi connectivity index (χ2v) is 6.73. The van der Waals surface area contributed by atoms with Gasteiger partial charge < -0.3 is 24.9 Å². The molecule has 6 heteroatoms. The largest absolute Gasteiger partial charge is 0.494 e. The number of aliphatic hydroxyl groups is 1. The molecule has 1 atom stereocenters. The third-order valence-electron chi connectivity index (χ3n) is 4.19. The topological polar surface area (TPSA) is 79.0 Å². The number of aryl methyl sites for hydroxylation is 2. The van der Waals surface area contributed by atoms with E-state index in [0.29, 0.717) is 25.7 Å². The molecule has 0 bridgehead atoms. The van der Waals surface area contributed by atoms with Crippen LogP contribution in [0, 0.1) is 13.8 Å². The molecule has 1 unspecified atom stereocenters. The Morgan fingerprint density at radius 3 is 2.63 bits per heavy atom. The third-order valence-corrected chi connectivity index (χ3v) is 4.19. The first-order chi connectivity index (χ1) is 12.9. The highest BCUT2D eigenvalue weighted by Crippen LogP contribution is 2.26. The van der Waals surface area contributed by atoms with E-state index in [0.717, 1.165) is 34.9 Å². The Morgan fingerprint density at radius 2 is 2.00 bits per heavy atom. The molecule has 2 aromatic rings. The van der Waals surface area contributed by atoms with Gasteiger partial charge in [-0.2, -0.15) is 0 Å². The molecule has 0 amide bonds. The summed E-state index contributed by atoms with van der Waals surface area (Å²) in [6.07, 6.45) is 0. The quantitative estimate of drug-likeness (QED) is 0.489. The van der Waals surface area contributed by atoms with Gasteiger partial charge in [-0.25, -0.2) is 4.99 Å². The number of hydrogen-bond acceptors (Lipinski definition) is 4. The Morgan fingerprint density at radius 1 is 1.22 bits per heavy atom. The molecule has 2 rings (SSSR count). The van der Waals surface area contributed by atoms with Crippen molar-refractivity contribution < 1.29 is 14.3 Å². The van der Waals surface area contributed by atoms with E-state index in [-0.39, 0.29) is 0 Å². The van der Waals surface area contributed by atoms with Crippen molar-refractivity contribution in [2.45, 2.75) is 46.8 Å². The van der Waals surface area contributed by atoms with Gasteiger partial charge in [0.05, 0.1) is 19.7 Å². The molecule has 0 aliphatic carbocycles. The van der Waals surface area contributed by atoms with Gasteiger partial charge in [0.1, 0.15) is 22.9 Å². The Kier molecular flexibility index (Phi) is 7.30. The van der Waals surface area contributed by atoms with Crippen molar-refractivity contribution in [3.05, 3.63) is 53.0 Å². The number of furan rings is 1. The van der Waals surface area contributed by atoms with Crippen LogP contribution in [0.4, 0.5) is 0 Å². The average Bonchev–Trinajstić information content (AvgIpc) is 2.97. The molecule has 0 saturated carbocycles. The van der Waals surface area contributed by atoms with Crippen LogP contribution in [-0.2, 0) is 12.1 Å². The summed E-state index contributed by atoms with van der Waals surface area (Å²) in [5, 5.41) is 17.3. The van der Waals surface area contributed by atoms with E-state index in [1.54, 1.807) is 6.92 Å². The van der Waals surface area contributed by atoms with Crippen molar-refractivity contribution in [1.82, 2.24) is 10.6 Å². The summed E-state index contributed by atoms with van der Waals surface area (Å²) in [5.74, 6) is 3.01. The molecule has 148 valence electrons. The van der Waals surface area contributed by atoms with E-state index < -0.39 is 5.60 Å². The summed E-state index contributed by atoms with van der Waals surface area (Å²) in [6, 6.07) is 9.78. The van der Waals surface area contributed by atoms with Gasteiger partial charge >= 0.3 is 0 Å². The highest BCUT2D eigenvalue weighted by Gasteiger charge is 2.27. The van der Waals surface area contributed by atoms with E-state index in [1.165, 1.54) is 0 Å². The van der Waals surface area contributed by atoms with Gasteiger partial charge in [0.15, 0.2) is 5.96 Å². The summed E-state index contributed by atoms with van der Waals surface area (Å²) in [5.41, 5.74) is 0.784. The maximum absolute atomic E-state index is 10.9. The predicted molar refractivity (Wildman–Crippen MR) is 108 cm³/mol. The maximum Gasteiger partial charge on any atom is 0.191 e. The minimum absolute atomic E-state index is 0.317. The van der Waals surface area contributed by atoms with Crippen molar-refractivity contribution in [3.63, 3.8) is 0 Å². The average molecular weight is 373 g/mol. The molecule has 27 heavy (non-hydrogen) atoms. The number of hydrogen-bond donors (Lipinski definition) is 3. The number of guanidine groups is 1. The number of nitrogens with one attached hydrogen (secondary N) is 2. The van der Waals surface area contributed by atoms with Crippen LogP contribution in [0.15, 0.2) is 39.7 Å². The van der Waals surface area contributed by atoms with E-state index >= 15 is 0 Å². The number of nitrogens with zero attached hydrogens (tertiary/aromatic N) is 1. The van der Waals surface area contributed by atoms with Gasteiger partial charge in [-0.05, 0) is 58.4 Å². The second-order valence-electron chi connectivity index (χ2n) is 6.73. The molecule has 0 fully saturated rings. The standard InChI is InChI=1S/C21H31N3O3/c1-6-22-20(23-13-17-9-8-10-18(12-17)26-7-2)24-14-21(5,25)19-11-15(3)27-16(19)4/h8-12,25H,6-7,13-14H2,1-5H3,(H2,22,23,24). The highest BCUT2D eigenvalue weighted by molar-refractivity contribution is 5.79. The van der Waals surface area contributed by atoms with Gasteiger partial charge in [0.2, 0.25) is 0 Å². The van der Waals surface area contributed by atoms with E-state index in [2.05, 4.69) is 15.6 Å². The Hall–Kier alpha value is -2.47. The van der Waals surface area contributed by atoms with Crippen LogP contribution < -0.4 is 15.4 Å². The minimum Gasteiger partial charge on any atom is -0.494 e. The summed E-state index contributed by atoms with van der Waals surface area (Å²) >= 11 is 0. The smallest absolute Gasteiger partial charge is 0.191 e. The lowest BCUT2D eigenvalue weighted by atomic mass is 9.96. The van der Waals surface area contributed by atoms with Gasteiger partial charge in [0.25, 0.3) is 0 Å². The SMILES string of the molecule is CCNC(=NCc1cccc(OCC)c1)NCC(C)(O)c1cc(C)oc1C. The van der Waals surface area contributed by atoms with Crippen molar-refractivity contribution in [1.29, 1.82) is 0 Å². The zero-order valence-electron chi connectivity index (χ0n) is 16.9. The summed E-state index contributed by atoms with van der Waals surface area (Å²) < 4.78 is 11.1. The molecule has 0 aliphatic rings. The lowest BCUT2D eigenvalue weighted by Gasteiger charge is -2.24. The van der Waals surface area contributed by atoms with Crippen LogP contribution in [0.2, 0.25) is 0 Å². The Balaban J connectivity index is 2.05.